The third kappa shape index (κ3) is 3.70. The van der Waals surface area contributed by atoms with Gasteiger partial charge in [-0.3, -0.25) is 4.79 Å². The number of nitrogens with zero attached hydrogens (tertiary/aromatic N) is 2. The Morgan fingerprint density at radius 3 is 2.80 bits per heavy atom. The van der Waals surface area contributed by atoms with Crippen LogP contribution in [0, 0.1) is 0 Å². The Hall–Kier alpha value is -2.30. The van der Waals surface area contributed by atoms with Gasteiger partial charge in [0.25, 0.3) is 5.91 Å². The number of ether oxygens (including phenoxy) is 1. The Morgan fingerprint density at radius 1 is 1.32 bits per heavy atom. The van der Waals surface area contributed by atoms with Crippen molar-refractivity contribution in [2.45, 2.75) is 64.1 Å². The van der Waals surface area contributed by atoms with E-state index < -0.39 is 0 Å². The molecule has 2 heterocycles. The molecule has 2 aromatic rings. The molecule has 4 rings (SSSR count). The highest BCUT2D eigenvalue weighted by atomic mass is 16.5. The van der Waals surface area contributed by atoms with Crippen LogP contribution in [-0.4, -0.2) is 32.9 Å². The number of amides is 1. The smallest absolute Gasteiger partial charge is 0.256 e. The van der Waals surface area contributed by atoms with Crippen molar-refractivity contribution in [1.82, 2.24) is 14.9 Å². The first-order valence-corrected chi connectivity index (χ1v) is 9.21. The van der Waals surface area contributed by atoms with Gasteiger partial charge in [-0.05, 0) is 63.1 Å². The van der Waals surface area contributed by atoms with E-state index in [0.717, 1.165) is 29.7 Å². The van der Waals surface area contributed by atoms with Gasteiger partial charge < -0.3 is 14.6 Å². The molecule has 0 unspecified atom stereocenters. The van der Waals surface area contributed by atoms with Crippen LogP contribution in [0.25, 0.3) is 0 Å². The summed E-state index contributed by atoms with van der Waals surface area (Å²) in [4.78, 5) is 22.7. The Bertz CT molecular complexity index is 760. The van der Waals surface area contributed by atoms with Gasteiger partial charge >= 0.3 is 0 Å². The molecule has 0 aromatic carbocycles. The van der Waals surface area contributed by atoms with Gasteiger partial charge in [-0.2, -0.15) is 0 Å². The first kappa shape index (κ1) is 16.2. The van der Waals surface area contributed by atoms with Crippen molar-refractivity contribution in [1.29, 1.82) is 0 Å². The maximum atomic E-state index is 13.2. The van der Waals surface area contributed by atoms with E-state index in [1.165, 1.54) is 12.8 Å². The lowest BCUT2D eigenvalue weighted by molar-refractivity contribution is 0.0728. The lowest BCUT2D eigenvalue weighted by Gasteiger charge is -2.23. The summed E-state index contributed by atoms with van der Waals surface area (Å²) >= 11 is 0. The van der Waals surface area contributed by atoms with Gasteiger partial charge in [0.15, 0.2) is 0 Å². The summed E-state index contributed by atoms with van der Waals surface area (Å²) in [6, 6.07) is 6.21. The van der Waals surface area contributed by atoms with E-state index in [1.54, 1.807) is 6.20 Å². The molecule has 1 N–H and O–H groups in total. The average Bonchev–Trinajstić information content (AvgIpc) is 3.51. The standard InChI is InChI=1S/C20H25N3O2/c1-13(2)25-18-11-14(7-9-21-18)12-23(16-5-6-16)20(24)17-8-10-22-19(17)15-3-4-15/h7-11,13,15-16,22H,3-6,12H2,1-2H3. The molecule has 2 aliphatic rings. The Morgan fingerprint density at radius 2 is 2.12 bits per heavy atom. The van der Waals surface area contributed by atoms with Gasteiger partial charge in [-0.15, -0.1) is 0 Å². The van der Waals surface area contributed by atoms with Crippen LogP contribution in [0.15, 0.2) is 30.6 Å². The summed E-state index contributed by atoms with van der Waals surface area (Å²) in [6.07, 6.45) is 8.30. The van der Waals surface area contributed by atoms with Gasteiger partial charge in [-0.1, -0.05) is 0 Å². The van der Waals surface area contributed by atoms with Crippen LogP contribution in [-0.2, 0) is 6.54 Å². The highest BCUT2D eigenvalue weighted by molar-refractivity contribution is 5.96. The maximum Gasteiger partial charge on any atom is 0.256 e. The summed E-state index contributed by atoms with van der Waals surface area (Å²) < 4.78 is 5.68. The SMILES string of the molecule is CC(C)Oc1cc(CN(C(=O)c2cc[nH]c2C2CC2)C2CC2)ccn1. The van der Waals surface area contributed by atoms with Crippen molar-refractivity contribution in [3.05, 3.63) is 47.4 Å². The molecular weight excluding hydrogens is 314 g/mol. The second kappa shape index (κ2) is 6.54. The topological polar surface area (TPSA) is 58.2 Å². The van der Waals surface area contributed by atoms with E-state index in [4.69, 9.17) is 4.74 Å². The van der Waals surface area contributed by atoms with Crippen molar-refractivity contribution in [2.75, 3.05) is 0 Å². The summed E-state index contributed by atoms with van der Waals surface area (Å²) in [5.74, 6) is 1.31. The largest absolute Gasteiger partial charge is 0.475 e. The number of pyridine rings is 1. The lowest BCUT2D eigenvalue weighted by atomic mass is 10.1. The van der Waals surface area contributed by atoms with Gasteiger partial charge in [0.2, 0.25) is 5.88 Å². The van der Waals surface area contributed by atoms with Crippen LogP contribution in [0.4, 0.5) is 0 Å². The summed E-state index contributed by atoms with van der Waals surface area (Å²) in [7, 11) is 0. The van der Waals surface area contributed by atoms with E-state index >= 15 is 0 Å². The fourth-order valence-corrected chi connectivity index (χ4v) is 3.24. The highest BCUT2D eigenvalue weighted by Gasteiger charge is 2.36. The first-order chi connectivity index (χ1) is 12.1. The number of aromatic nitrogens is 2. The number of hydrogen-bond donors (Lipinski definition) is 1. The predicted octanol–water partition coefficient (Wildman–Crippen LogP) is 3.88. The van der Waals surface area contributed by atoms with Crippen LogP contribution in [0.2, 0.25) is 0 Å². The molecule has 5 nitrogen and oxygen atoms in total. The minimum atomic E-state index is 0.0878. The minimum Gasteiger partial charge on any atom is -0.475 e. The van der Waals surface area contributed by atoms with E-state index in [2.05, 4.69) is 9.97 Å². The van der Waals surface area contributed by atoms with Crippen LogP contribution in [0.1, 0.15) is 67.1 Å². The lowest BCUT2D eigenvalue weighted by Crippen LogP contribution is -2.33. The molecule has 5 heteroatoms. The number of carbonyl (C=O) groups excluding carboxylic acids is 1. The highest BCUT2D eigenvalue weighted by Crippen LogP contribution is 2.41. The van der Waals surface area contributed by atoms with E-state index in [0.29, 0.717) is 24.4 Å². The molecule has 1 amide bonds. The number of hydrogen-bond acceptors (Lipinski definition) is 3. The third-order valence-electron chi connectivity index (χ3n) is 4.75. The molecule has 2 aromatic heterocycles. The van der Waals surface area contributed by atoms with E-state index in [9.17, 15) is 4.79 Å². The zero-order valence-corrected chi connectivity index (χ0v) is 14.9. The number of nitrogens with one attached hydrogen (secondary N) is 1. The molecule has 0 radical (unpaired) electrons. The Kier molecular flexibility index (Phi) is 4.24. The normalized spacial score (nSPS) is 16.9. The molecule has 2 saturated carbocycles. The van der Waals surface area contributed by atoms with Crippen LogP contribution < -0.4 is 4.74 Å². The first-order valence-electron chi connectivity index (χ1n) is 9.21. The quantitative estimate of drug-likeness (QED) is 0.833. The van der Waals surface area contributed by atoms with Crippen LogP contribution in [0.3, 0.4) is 0 Å². The van der Waals surface area contributed by atoms with E-state index in [-0.39, 0.29) is 12.0 Å². The van der Waals surface area contributed by atoms with Gasteiger partial charge in [0.05, 0.1) is 11.7 Å². The van der Waals surface area contributed by atoms with Crippen LogP contribution >= 0.6 is 0 Å². The molecule has 0 atom stereocenters. The van der Waals surface area contributed by atoms with Gasteiger partial charge in [0.1, 0.15) is 0 Å². The Balaban J connectivity index is 1.54. The Labute approximate surface area is 148 Å². The maximum absolute atomic E-state index is 13.2. The van der Waals surface area contributed by atoms with Crippen molar-refractivity contribution in [3.63, 3.8) is 0 Å². The number of carbonyl (C=O) groups is 1. The fraction of sp³-hybridized carbons (Fsp3) is 0.500. The number of aromatic amines is 1. The second-order valence-electron chi connectivity index (χ2n) is 7.41. The molecule has 25 heavy (non-hydrogen) atoms. The van der Waals surface area contributed by atoms with Crippen molar-refractivity contribution in [2.24, 2.45) is 0 Å². The molecule has 0 bridgehead atoms. The summed E-state index contributed by atoms with van der Waals surface area (Å²) in [6.45, 7) is 4.58. The monoisotopic (exact) mass is 339 g/mol. The van der Waals surface area contributed by atoms with E-state index in [1.807, 2.05) is 43.1 Å². The zero-order valence-electron chi connectivity index (χ0n) is 14.9. The van der Waals surface area contributed by atoms with Gasteiger partial charge in [-0.25, -0.2) is 4.98 Å². The van der Waals surface area contributed by atoms with Crippen molar-refractivity contribution in [3.8, 4) is 5.88 Å². The third-order valence-corrected chi connectivity index (χ3v) is 4.75. The molecule has 0 spiro atoms. The molecular formula is C20H25N3O2. The van der Waals surface area contributed by atoms with Crippen LogP contribution in [0.5, 0.6) is 5.88 Å². The number of rotatable bonds is 7. The molecule has 0 aliphatic heterocycles. The molecule has 2 aliphatic carbocycles. The number of H-pyrrole nitrogens is 1. The summed E-state index contributed by atoms with van der Waals surface area (Å²) in [5.41, 5.74) is 3.03. The fourth-order valence-electron chi connectivity index (χ4n) is 3.24. The van der Waals surface area contributed by atoms with Gasteiger partial charge in [0, 0.05) is 36.7 Å². The zero-order chi connectivity index (χ0) is 17.4. The van der Waals surface area contributed by atoms with Crippen molar-refractivity contribution >= 4 is 5.91 Å². The summed E-state index contributed by atoms with van der Waals surface area (Å²) in [5, 5.41) is 0. The molecule has 2 fully saturated rings. The molecule has 0 saturated heterocycles. The average molecular weight is 339 g/mol. The van der Waals surface area contributed by atoms with Crippen molar-refractivity contribution < 1.29 is 9.53 Å². The predicted molar refractivity (Wildman–Crippen MR) is 95.7 cm³/mol. The minimum absolute atomic E-state index is 0.0878. The molecule has 132 valence electrons. The second-order valence-corrected chi connectivity index (χ2v) is 7.41.